The van der Waals surface area contributed by atoms with E-state index in [1.54, 1.807) is 29.2 Å². The van der Waals surface area contributed by atoms with Gasteiger partial charge in [-0.25, -0.2) is 13.1 Å². The smallest absolute Gasteiger partial charge is 0.254 e. The summed E-state index contributed by atoms with van der Waals surface area (Å²) in [7, 11) is -3.73. The van der Waals surface area contributed by atoms with Crippen LogP contribution in [0, 0.1) is 6.92 Å². The molecule has 7 nitrogen and oxygen atoms in total. The number of para-hydroxylation sites is 1. The first-order valence-electron chi connectivity index (χ1n) is 11.6. The van der Waals surface area contributed by atoms with E-state index in [4.69, 9.17) is 0 Å². The Morgan fingerprint density at radius 2 is 1.63 bits per heavy atom. The van der Waals surface area contributed by atoms with Crippen LogP contribution in [0.3, 0.4) is 0 Å². The minimum Gasteiger partial charge on any atom is -0.340 e. The largest absolute Gasteiger partial charge is 0.340 e. The van der Waals surface area contributed by atoms with Crippen molar-refractivity contribution in [2.45, 2.75) is 37.1 Å². The van der Waals surface area contributed by atoms with E-state index in [0.29, 0.717) is 12.1 Å². The van der Waals surface area contributed by atoms with Gasteiger partial charge in [0.25, 0.3) is 5.91 Å². The topological polar surface area (TPSA) is 95.6 Å². The van der Waals surface area contributed by atoms with Gasteiger partial charge in [-0.3, -0.25) is 9.59 Å². The van der Waals surface area contributed by atoms with Gasteiger partial charge in [-0.05, 0) is 49.1 Å². The number of sulfonamides is 1. The summed E-state index contributed by atoms with van der Waals surface area (Å²) >= 11 is 0. The molecule has 182 valence electrons. The normalized spacial score (nSPS) is 14.1. The summed E-state index contributed by atoms with van der Waals surface area (Å²) in [5.41, 5.74) is 3.60. The Morgan fingerprint density at radius 3 is 2.37 bits per heavy atom. The summed E-state index contributed by atoms with van der Waals surface area (Å²) in [6, 6.07) is 22.5. The molecule has 0 saturated carbocycles. The molecular formula is C27H29N3O4S. The predicted molar refractivity (Wildman–Crippen MR) is 135 cm³/mol. The zero-order valence-electron chi connectivity index (χ0n) is 19.6. The van der Waals surface area contributed by atoms with E-state index in [0.717, 1.165) is 29.7 Å². The maximum Gasteiger partial charge on any atom is 0.254 e. The fourth-order valence-corrected chi connectivity index (χ4v) is 5.22. The number of nitrogens with zero attached hydrogens (tertiary/aromatic N) is 1. The van der Waals surface area contributed by atoms with Crippen molar-refractivity contribution in [1.82, 2.24) is 10.0 Å². The molecule has 0 radical (unpaired) electrons. The first-order chi connectivity index (χ1) is 16.8. The molecule has 8 heteroatoms. The quantitative estimate of drug-likeness (QED) is 0.504. The van der Waals surface area contributed by atoms with Gasteiger partial charge >= 0.3 is 0 Å². The lowest BCUT2D eigenvalue weighted by Crippen LogP contribution is -2.45. The number of nitrogens with one attached hydrogen (secondary N) is 2. The molecular weight excluding hydrogens is 462 g/mol. The van der Waals surface area contributed by atoms with Crippen molar-refractivity contribution in [3.63, 3.8) is 0 Å². The molecule has 0 fully saturated rings. The van der Waals surface area contributed by atoms with Crippen molar-refractivity contribution in [3.05, 3.63) is 95.6 Å². The Hall–Kier alpha value is -3.49. The van der Waals surface area contributed by atoms with Crippen LogP contribution in [-0.2, 0) is 26.0 Å². The summed E-state index contributed by atoms with van der Waals surface area (Å²) in [6.07, 6.45) is 1.65. The summed E-state index contributed by atoms with van der Waals surface area (Å²) in [5.74, 6) is -0.624. The van der Waals surface area contributed by atoms with Crippen LogP contribution in [0.1, 0.15) is 35.6 Å². The number of hydrogen-bond acceptors (Lipinski definition) is 4. The molecule has 1 aliphatic rings. The highest BCUT2D eigenvalue weighted by molar-refractivity contribution is 7.89. The first kappa shape index (κ1) is 24.6. The number of fused-ring (bicyclic) bond motifs is 1. The summed E-state index contributed by atoms with van der Waals surface area (Å²) < 4.78 is 27.5. The monoisotopic (exact) mass is 491 g/mol. The number of rotatable bonds is 8. The van der Waals surface area contributed by atoms with E-state index in [2.05, 4.69) is 10.0 Å². The van der Waals surface area contributed by atoms with Crippen LogP contribution in [0.15, 0.2) is 83.8 Å². The molecule has 0 aliphatic carbocycles. The lowest BCUT2D eigenvalue weighted by atomic mass is 9.99. The van der Waals surface area contributed by atoms with Gasteiger partial charge in [0.1, 0.15) is 6.04 Å². The number of amides is 2. The Morgan fingerprint density at radius 1 is 0.943 bits per heavy atom. The predicted octanol–water partition coefficient (Wildman–Crippen LogP) is 3.50. The average Bonchev–Trinajstić information content (AvgIpc) is 2.87. The second-order valence-electron chi connectivity index (χ2n) is 8.59. The highest BCUT2D eigenvalue weighted by atomic mass is 32.2. The maximum atomic E-state index is 13.6. The van der Waals surface area contributed by atoms with E-state index in [1.807, 2.05) is 49.4 Å². The van der Waals surface area contributed by atoms with Gasteiger partial charge in [-0.2, -0.15) is 0 Å². The fourth-order valence-electron chi connectivity index (χ4n) is 4.18. The van der Waals surface area contributed by atoms with Crippen LogP contribution < -0.4 is 14.9 Å². The number of aryl methyl sites for hydroxylation is 2. The zero-order valence-corrected chi connectivity index (χ0v) is 20.4. The first-order valence-corrected chi connectivity index (χ1v) is 13.1. The molecule has 1 heterocycles. The average molecular weight is 492 g/mol. The van der Waals surface area contributed by atoms with Gasteiger partial charge in [0.05, 0.1) is 4.90 Å². The molecule has 0 saturated heterocycles. The Bertz CT molecular complexity index is 1290. The third-order valence-electron chi connectivity index (χ3n) is 6.04. The molecule has 3 aromatic rings. The summed E-state index contributed by atoms with van der Waals surface area (Å²) in [4.78, 5) is 28.3. The van der Waals surface area contributed by atoms with Crippen molar-refractivity contribution in [1.29, 1.82) is 0 Å². The SMILES string of the molecule is Cc1ccc(S(=O)(=O)NCCC(=O)N[C@H](C(=O)N2CCCc3ccccc32)c2ccccc2)cc1. The second kappa shape index (κ2) is 10.8. The minimum absolute atomic E-state index is 0.0791. The maximum absolute atomic E-state index is 13.6. The van der Waals surface area contributed by atoms with Gasteiger partial charge in [-0.15, -0.1) is 0 Å². The lowest BCUT2D eigenvalue weighted by Gasteiger charge is -2.32. The zero-order chi connectivity index (χ0) is 24.8. The van der Waals surface area contributed by atoms with Crippen LogP contribution in [-0.4, -0.2) is 33.3 Å². The molecule has 35 heavy (non-hydrogen) atoms. The van der Waals surface area contributed by atoms with Crippen molar-refractivity contribution in [3.8, 4) is 0 Å². The molecule has 0 bridgehead atoms. The van der Waals surface area contributed by atoms with E-state index >= 15 is 0 Å². The molecule has 3 aromatic carbocycles. The number of carbonyl (C=O) groups excluding carboxylic acids is 2. The van der Waals surface area contributed by atoms with Crippen LogP contribution >= 0.6 is 0 Å². The number of benzene rings is 3. The third-order valence-corrected chi connectivity index (χ3v) is 7.51. The molecule has 0 unspecified atom stereocenters. The highest BCUT2D eigenvalue weighted by Gasteiger charge is 2.30. The summed E-state index contributed by atoms with van der Waals surface area (Å²) in [6.45, 7) is 2.37. The second-order valence-corrected chi connectivity index (χ2v) is 10.4. The van der Waals surface area contributed by atoms with Gasteiger partial charge < -0.3 is 10.2 Å². The van der Waals surface area contributed by atoms with Gasteiger partial charge in [0.15, 0.2) is 0 Å². The highest BCUT2D eigenvalue weighted by Crippen LogP contribution is 2.29. The molecule has 0 spiro atoms. The third kappa shape index (κ3) is 5.96. The van der Waals surface area contributed by atoms with Crippen LogP contribution in [0.4, 0.5) is 5.69 Å². The van der Waals surface area contributed by atoms with Crippen LogP contribution in [0.25, 0.3) is 0 Å². The van der Waals surface area contributed by atoms with E-state index in [-0.39, 0.29) is 23.8 Å². The molecule has 2 N–H and O–H groups in total. The number of carbonyl (C=O) groups is 2. The summed E-state index contributed by atoms with van der Waals surface area (Å²) in [5, 5.41) is 2.83. The fraction of sp³-hybridized carbons (Fsp3) is 0.259. The van der Waals surface area contributed by atoms with Crippen molar-refractivity contribution in [2.75, 3.05) is 18.0 Å². The van der Waals surface area contributed by atoms with E-state index in [1.165, 1.54) is 12.1 Å². The van der Waals surface area contributed by atoms with Crippen molar-refractivity contribution >= 4 is 27.5 Å². The molecule has 1 atom stereocenters. The number of anilines is 1. The van der Waals surface area contributed by atoms with Crippen molar-refractivity contribution in [2.24, 2.45) is 0 Å². The molecule has 1 aliphatic heterocycles. The lowest BCUT2D eigenvalue weighted by molar-refractivity contribution is -0.127. The molecule has 0 aromatic heterocycles. The van der Waals surface area contributed by atoms with Gasteiger partial charge in [-0.1, -0.05) is 66.2 Å². The molecule has 2 amide bonds. The van der Waals surface area contributed by atoms with Crippen LogP contribution in [0.5, 0.6) is 0 Å². The Labute approximate surface area is 206 Å². The van der Waals surface area contributed by atoms with Gasteiger partial charge in [0, 0.05) is 25.2 Å². The standard InChI is InChI=1S/C27H29N3O4S/c1-20-13-15-23(16-14-20)35(33,34)28-18-17-25(31)29-26(22-9-3-2-4-10-22)27(32)30-19-7-11-21-8-5-6-12-24(21)30/h2-6,8-10,12-16,26,28H,7,11,17-19H2,1H3,(H,29,31)/t26-/m0/s1. The minimum atomic E-state index is -3.73. The Kier molecular flexibility index (Phi) is 7.63. The number of hydrogen-bond donors (Lipinski definition) is 2. The van der Waals surface area contributed by atoms with Gasteiger partial charge in [0.2, 0.25) is 15.9 Å². The van der Waals surface area contributed by atoms with Crippen molar-refractivity contribution < 1.29 is 18.0 Å². The van der Waals surface area contributed by atoms with Crippen LogP contribution in [0.2, 0.25) is 0 Å². The molecule has 4 rings (SSSR count). The Balaban J connectivity index is 1.45. The van der Waals surface area contributed by atoms with E-state index < -0.39 is 22.0 Å². The van der Waals surface area contributed by atoms with E-state index in [9.17, 15) is 18.0 Å².